The average molecular weight is 407 g/mol. The van der Waals surface area contributed by atoms with Crippen molar-refractivity contribution in [2.24, 2.45) is 5.92 Å². The van der Waals surface area contributed by atoms with E-state index in [-0.39, 0.29) is 23.6 Å². The molecule has 1 aliphatic carbocycles. The van der Waals surface area contributed by atoms with Gasteiger partial charge < -0.3 is 10.4 Å². The number of aromatic carboxylic acids is 1. The van der Waals surface area contributed by atoms with Crippen LogP contribution in [0, 0.1) is 12.8 Å². The normalized spacial score (nSPS) is 24.4. The van der Waals surface area contributed by atoms with Crippen LogP contribution in [0.3, 0.4) is 0 Å². The van der Waals surface area contributed by atoms with Crippen LogP contribution in [0.25, 0.3) is 0 Å². The molecular weight excluding hydrogens is 376 g/mol. The molecule has 5 heteroatoms. The van der Waals surface area contributed by atoms with Crippen LogP contribution >= 0.6 is 0 Å². The maximum Gasteiger partial charge on any atom is 0.335 e. The summed E-state index contributed by atoms with van der Waals surface area (Å²) in [6.45, 7) is 4.85. The third-order valence-electron chi connectivity index (χ3n) is 6.78. The number of hydrogen-bond donors (Lipinski definition) is 2. The van der Waals surface area contributed by atoms with Crippen LogP contribution in [0.1, 0.15) is 65.7 Å². The Morgan fingerprint density at radius 3 is 2.27 bits per heavy atom. The van der Waals surface area contributed by atoms with Gasteiger partial charge >= 0.3 is 5.97 Å². The first-order valence-electron chi connectivity index (χ1n) is 10.9. The Balaban J connectivity index is 1.48. The van der Waals surface area contributed by atoms with Crippen molar-refractivity contribution in [3.05, 3.63) is 70.8 Å². The zero-order valence-electron chi connectivity index (χ0n) is 17.7. The number of carbonyl (C=O) groups is 2. The highest BCUT2D eigenvalue weighted by Crippen LogP contribution is 2.40. The lowest BCUT2D eigenvalue weighted by molar-refractivity contribution is -0.136. The second-order valence-electron chi connectivity index (χ2n) is 8.83. The van der Waals surface area contributed by atoms with Crippen molar-refractivity contribution in [1.29, 1.82) is 0 Å². The average Bonchev–Trinajstić information content (AvgIpc) is 2.76. The molecule has 5 rings (SSSR count). The lowest BCUT2D eigenvalue weighted by Gasteiger charge is -2.50. The molecule has 2 heterocycles. The molecule has 3 fully saturated rings. The van der Waals surface area contributed by atoms with Crippen molar-refractivity contribution in [2.75, 3.05) is 0 Å². The van der Waals surface area contributed by atoms with Gasteiger partial charge in [-0.05, 0) is 68.7 Å². The summed E-state index contributed by atoms with van der Waals surface area (Å²) < 4.78 is 0. The SMILES string of the molecule is Cc1ccc(CN2C3CCC(CC3)C2C(=O)N[C@@H](C)c2ccc(C(=O)O)cc2)cc1. The van der Waals surface area contributed by atoms with Gasteiger partial charge in [-0.3, -0.25) is 9.69 Å². The molecule has 2 aliphatic heterocycles. The van der Waals surface area contributed by atoms with E-state index in [1.807, 2.05) is 6.92 Å². The van der Waals surface area contributed by atoms with E-state index < -0.39 is 5.97 Å². The lowest BCUT2D eigenvalue weighted by Crippen LogP contribution is -2.60. The highest BCUT2D eigenvalue weighted by molar-refractivity contribution is 5.87. The zero-order chi connectivity index (χ0) is 21.3. The summed E-state index contributed by atoms with van der Waals surface area (Å²) in [5.74, 6) is -0.448. The minimum absolute atomic E-state index is 0.0892. The van der Waals surface area contributed by atoms with E-state index >= 15 is 0 Å². The van der Waals surface area contributed by atoms with Crippen LogP contribution in [-0.2, 0) is 11.3 Å². The van der Waals surface area contributed by atoms with Crippen LogP contribution in [0.5, 0.6) is 0 Å². The molecule has 5 nitrogen and oxygen atoms in total. The maximum absolute atomic E-state index is 13.4. The fraction of sp³-hybridized carbons (Fsp3) is 0.440. The number of carbonyl (C=O) groups excluding carboxylic acids is 1. The lowest BCUT2D eigenvalue weighted by atomic mass is 9.74. The van der Waals surface area contributed by atoms with Crippen molar-refractivity contribution in [2.45, 2.75) is 64.2 Å². The third kappa shape index (κ3) is 4.26. The molecule has 2 atom stereocenters. The molecule has 2 bridgehead atoms. The van der Waals surface area contributed by atoms with E-state index in [1.54, 1.807) is 24.3 Å². The predicted octanol–water partition coefficient (Wildman–Crippen LogP) is 4.31. The molecule has 3 aliphatic rings. The van der Waals surface area contributed by atoms with Gasteiger partial charge in [-0.15, -0.1) is 0 Å². The number of carboxylic acids is 1. The number of fused-ring (bicyclic) bond motifs is 3. The van der Waals surface area contributed by atoms with Crippen molar-refractivity contribution < 1.29 is 14.7 Å². The topological polar surface area (TPSA) is 69.6 Å². The van der Waals surface area contributed by atoms with E-state index in [2.05, 4.69) is 41.4 Å². The fourth-order valence-corrected chi connectivity index (χ4v) is 5.04. The molecule has 1 saturated carbocycles. The maximum atomic E-state index is 13.4. The Labute approximate surface area is 178 Å². The van der Waals surface area contributed by atoms with Gasteiger partial charge in [0.1, 0.15) is 0 Å². The summed E-state index contributed by atoms with van der Waals surface area (Å²) in [4.78, 5) is 26.8. The van der Waals surface area contributed by atoms with E-state index in [4.69, 9.17) is 5.11 Å². The van der Waals surface area contributed by atoms with Crippen LogP contribution < -0.4 is 5.32 Å². The summed E-state index contributed by atoms with van der Waals surface area (Å²) in [7, 11) is 0. The summed E-state index contributed by atoms with van der Waals surface area (Å²) in [5.41, 5.74) is 3.67. The molecule has 0 radical (unpaired) electrons. The van der Waals surface area contributed by atoms with Gasteiger partial charge in [0.15, 0.2) is 0 Å². The first-order chi connectivity index (χ1) is 14.4. The third-order valence-corrected chi connectivity index (χ3v) is 6.78. The van der Waals surface area contributed by atoms with Gasteiger partial charge in [-0.2, -0.15) is 0 Å². The van der Waals surface area contributed by atoms with Gasteiger partial charge in [-0.25, -0.2) is 4.79 Å². The van der Waals surface area contributed by atoms with Crippen LogP contribution in [-0.4, -0.2) is 34.0 Å². The molecule has 1 amide bonds. The number of hydrogen-bond acceptors (Lipinski definition) is 3. The Hall–Kier alpha value is -2.66. The summed E-state index contributed by atoms with van der Waals surface area (Å²) in [6, 6.07) is 15.6. The van der Waals surface area contributed by atoms with Gasteiger partial charge in [0, 0.05) is 12.6 Å². The van der Waals surface area contributed by atoms with E-state index in [9.17, 15) is 9.59 Å². The first-order valence-corrected chi connectivity index (χ1v) is 10.9. The van der Waals surface area contributed by atoms with Crippen molar-refractivity contribution in [3.63, 3.8) is 0 Å². The Morgan fingerprint density at radius 2 is 1.67 bits per heavy atom. The first kappa shape index (κ1) is 20.6. The smallest absolute Gasteiger partial charge is 0.335 e. The monoisotopic (exact) mass is 406 g/mol. The number of carboxylic acid groups (broad SMARTS) is 1. The second-order valence-corrected chi connectivity index (χ2v) is 8.83. The van der Waals surface area contributed by atoms with Crippen LogP contribution in [0.2, 0.25) is 0 Å². The molecule has 2 N–H and O–H groups in total. The van der Waals surface area contributed by atoms with Gasteiger partial charge in [0.2, 0.25) is 5.91 Å². The number of benzene rings is 2. The number of nitrogens with zero attached hydrogens (tertiary/aromatic N) is 1. The minimum Gasteiger partial charge on any atom is -0.478 e. The predicted molar refractivity (Wildman–Crippen MR) is 116 cm³/mol. The van der Waals surface area contributed by atoms with Gasteiger partial charge in [0.25, 0.3) is 0 Å². The van der Waals surface area contributed by atoms with Crippen molar-refractivity contribution >= 4 is 11.9 Å². The molecule has 2 aromatic carbocycles. The van der Waals surface area contributed by atoms with Gasteiger partial charge in [0.05, 0.1) is 17.6 Å². The summed E-state index contributed by atoms with van der Waals surface area (Å²) >= 11 is 0. The van der Waals surface area contributed by atoms with E-state index in [0.29, 0.717) is 12.0 Å². The summed E-state index contributed by atoms with van der Waals surface area (Å²) in [6.07, 6.45) is 4.59. The Morgan fingerprint density at radius 1 is 1.03 bits per heavy atom. The molecule has 2 saturated heterocycles. The summed E-state index contributed by atoms with van der Waals surface area (Å²) in [5, 5.41) is 12.3. The zero-order valence-corrected chi connectivity index (χ0v) is 17.7. The van der Waals surface area contributed by atoms with Crippen LogP contribution in [0.4, 0.5) is 0 Å². The number of aryl methyl sites for hydroxylation is 1. The number of amides is 1. The molecular formula is C25H30N2O3. The quantitative estimate of drug-likeness (QED) is 0.750. The molecule has 0 spiro atoms. The standard InChI is InChI=1S/C25H30N2O3/c1-16-3-5-18(6-4-16)15-27-22-13-11-20(12-14-22)23(27)24(28)26-17(2)19-7-9-21(10-8-19)25(29)30/h3-10,17,20,22-23H,11-15H2,1-2H3,(H,26,28)(H,29,30)/t17-,20?,22?,23?/m0/s1. The fourth-order valence-electron chi connectivity index (χ4n) is 5.04. The largest absolute Gasteiger partial charge is 0.478 e. The van der Waals surface area contributed by atoms with E-state index in [1.165, 1.54) is 24.0 Å². The van der Waals surface area contributed by atoms with Gasteiger partial charge in [-0.1, -0.05) is 42.0 Å². The molecule has 30 heavy (non-hydrogen) atoms. The number of rotatable bonds is 6. The minimum atomic E-state index is -0.941. The molecule has 2 aromatic rings. The Kier molecular flexibility index (Phi) is 5.91. The molecule has 0 aromatic heterocycles. The van der Waals surface area contributed by atoms with Crippen molar-refractivity contribution in [3.8, 4) is 0 Å². The molecule has 1 unspecified atom stereocenters. The highest BCUT2D eigenvalue weighted by Gasteiger charge is 2.45. The molecule has 158 valence electrons. The van der Waals surface area contributed by atoms with E-state index in [0.717, 1.165) is 24.9 Å². The Bertz CT molecular complexity index is 899. The highest BCUT2D eigenvalue weighted by atomic mass is 16.4. The van der Waals surface area contributed by atoms with Crippen molar-refractivity contribution in [1.82, 2.24) is 10.2 Å². The number of piperidine rings is 2. The number of nitrogens with one attached hydrogen (secondary N) is 1. The van der Waals surface area contributed by atoms with Crippen LogP contribution in [0.15, 0.2) is 48.5 Å². The second kappa shape index (κ2) is 8.60.